The molecule has 4 N–H and O–H groups in total. The Balaban J connectivity index is 2.91. The molecule has 0 aromatic rings. The summed E-state index contributed by atoms with van der Waals surface area (Å²) in [5, 5.41) is 21.6. The fourth-order valence-corrected chi connectivity index (χ4v) is 2.75. The molecule has 20 heavy (non-hydrogen) atoms. The van der Waals surface area contributed by atoms with Crippen molar-refractivity contribution in [3.05, 3.63) is 0 Å². The Kier molecular flexibility index (Phi) is 5.76. The Hall–Kier alpha value is -1.34. The van der Waals surface area contributed by atoms with Gasteiger partial charge in [-0.2, -0.15) is 0 Å². The van der Waals surface area contributed by atoms with Crippen molar-refractivity contribution >= 4 is 11.7 Å². The second-order valence-corrected chi connectivity index (χ2v) is 6.04. The van der Waals surface area contributed by atoms with E-state index in [4.69, 9.17) is 10.9 Å². The summed E-state index contributed by atoms with van der Waals surface area (Å²) in [4.78, 5) is 16.3. The van der Waals surface area contributed by atoms with Crippen LogP contribution in [-0.4, -0.2) is 71.2 Å². The van der Waals surface area contributed by atoms with E-state index in [0.717, 1.165) is 0 Å². The van der Waals surface area contributed by atoms with Crippen molar-refractivity contribution in [3.63, 3.8) is 0 Å². The molecule has 1 rings (SSSR count). The number of oxime groups is 1. The molecule has 1 aliphatic heterocycles. The zero-order valence-corrected chi connectivity index (χ0v) is 12.7. The van der Waals surface area contributed by atoms with Gasteiger partial charge in [0.05, 0.1) is 6.10 Å². The number of hydrogen-bond acceptors (Lipinski definition) is 5. The van der Waals surface area contributed by atoms with Gasteiger partial charge < -0.3 is 25.8 Å². The normalized spacial score (nSPS) is 25.6. The minimum absolute atomic E-state index is 0.0414. The summed E-state index contributed by atoms with van der Waals surface area (Å²) >= 11 is 0. The van der Waals surface area contributed by atoms with Crippen molar-refractivity contribution in [2.24, 2.45) is 22.7 Å². The highest BCUT2D eigenvalue weighted by Gasteiger charge is 2.39. The van der Waals surface area contributed by atoms with E-state index >= 15 is 0 Å². The number of hydrogen-bond donors (Lipinski definition) is 3. The second kappa shape index (κ2) is 6.90. The molecule has 0 aliphatic carbocycles. The number of amides is 1. The number of carbonyl (C=O) groups is 1. The van der Waals surface area contributed by atoms with Crippen LogP contribution in [0.15, 0.2) is 5.16 Å². The number of nitrogens with zero attached hydrogens (tertiary/aromatic N) is 3. The molecule has 7 nitrogen and oxygen atoms in total. The minimum atomic E-state index is -0.657. The first kappa shape index (κ1) is 16.7. The molecule has 1 saturated heterocycles. The summed E-state index contributed by atoms with van der Waals surface area (Å²) in [5.41, 5.74) is 5.65. The molecule has 1 heterocycles. The van der Waals surface area contributed by atoms with Crippen molar-refractivity contribution in [3.8, 4) is 0 Å². The van der Waals surface area contributed by atoms with Crippen molar-refractivity contribution < 1.29 is 15.1 Å². The third-order valence-electron chi connectivity index (χ3n) is 3.62. The maximum atomic E-state index is 12.6. The van der Waals surface area contributed by atoms with Gasteiger partial charge in [0, 0.05) is 19.1 Å². The molecule has 3 unspecified atom stereocenters. The van der Waals surface area contributed by atoms with E-state index in [1.165, 1.54) is 0 Å². The molecular weight excluding hydrogens is 260 g/mol. The van der Waals surface area contributed by atoms with Crippen molar-refractivity contribution in [1.82, 2.24) is 9.80 Å². The van der Waals surface area contributed by atoms with E-state index in [-0.39, 0.29) is 23.7 Å². The Bertz CT molecular complexity index is 371. The van der Waals surface area contributed by atoms with Gasteiger partial charge in [0.25, 0.3) is 0 Å². The maximum Gasteiger partial charge on any atom is 0.234 e. The molecule has 1 aliphatic rings. The first-order chi connectivity index (χ1) is 9.27. The van der Waals surface area contributed by atoms with Gasteiger partial charge in [-0.05, 0) is 26.4 Å². The van der Waals surface area contributed by atoms with E-state index in [1.807, 2.05) is 32.8 Å². The van der Waals surface area contributed by atoms with Gasteiger partial charge in [-0.1, -0.05) is 19.0 Å². The Labute approximate surface area is 120 Å². The molecule has 0 saturated carbocycles. The van der Waals surface area contributed by atoms with E-state index in [1.54, 1.807) is 4.90 Å². The Morgan fingerprint density at radius 2 is 2.10 bits per heavy atom. The third kappa shape index (κ3) is 3.83. The fraction of sp³-hybridized carbons (Fsp3) is 0.846. The molecule has 1 amide bonds. The standard InChI is InChI=1S/C13H26N4O3/c1-8(2)11(12(14)15-20)13(19)17-7-10(18)5-9(17)6-16(3)4/h8-11,18,20H,5-7H2,1-4H3,(H2,14,15). The van der Waals surface area contributed by atoms with Crippen LogP contribution in [0.1, 0.15) is 20.3 Å². The molecule has 116 valence electrons. The van der Waals surface area contributed by atoms with E-state index in [0.29, 0.717) is 19.5 Å². The molecule has 0 radical (unpaired) electrons. The summed E-state index contributed by atoms with van der Waals surface area (Å²) in [5.74, 6) is -0.986. The summed E-state index contributed by atoms with van der Waals surface area (Å²) in [7, 11) is 3.85. The summed E-state index contributed by atoms with van der Waals surface area (Å²) in [6.07, 6.45) is 0.0502. The van der Waals surface area contributed by atoms with Gasteiger partial charge in [-0.15, -0.1) is 0 Å². The SMILES string of the molecule is CC(C)C(C(=O)N1CC(O)CC1CN(C)C)C(N)=NO. The summed E-state index contributed by atoms with van der Waals surface area (Å²) in [6.45, 7) is 4.70. The second-order valence-electron chi connectivity index (χ2n) is 6.04. The van der Waals surface area contributed by atoms with Gasteiger partial charge in [-0.25, -0.2) is 0 Å². The van der Waals surface area contributed by atoms with Crippen LogP contribution in [0.5, 0.6) is 0 Å². The highest BCUT2D eigenvalue weighted by Crippen LogP contribution is 2.24. The van der Waals surface area contributed by atoms with Crippen LogP contribution in [-0.2, 0) is 4.79 Å². The molecule has 0 spiro atoms. The van der Waals surface area contributed by atoms with Crippen molar-refractivity contribution in [1.29, 1.82) is 0 Å². The lowest BCUT2D eigenvalue weighted by Gasteiger charge is -2.31. The third-order valence-corrected chi connectivity index (χ3v) is 3.62. The molecule has 0 bridgehead atoms. The topological polar surface area (TPSA) is 102 Å². The minimum Gasteiger partial charge on any atom is -0.409 e. The van der Waals surface area contributed by atoms with Crippen LogP contribution in [0.4, 0.5) is 0 Å². The van der Waals surface area contributed by atoms with Crippen LogP contribution in [0.25, 0.3) is 0 Å². The van der Waals surface area contributed by atoms with Crippen LogP contribution < -0.4 is 5.73 Å². The Morgan fingerprint density at radius 3 is 2.55 bits per heavy atom. The average Bonchev–Trinajstić information content (AvgIpc) is 2.68. The molecule has 3 atom stereocenters. The molecule has 0 aromatic heterocycles. The lowest BCUT2D eigenvalue weighted by atomic mass is 9.93. The Morgan fingerprint density at radius 1 is 1.50 bits per heavy atom. The highest BCUT2D eigenvalue weighted by atomic mass is 16.4. The van der Waals surface area contributed by atoms with Crippen molar-refractivity contribution in [2.75, 3.05) is 27.2 Å². The number of aliphatic hydroxyl groups is 1. The van der Waals surface area contributed by atoms with Gasteiger partial charge in [0.15, 0.2) is 5.84 Å². The number of rotatable bonds is 5. The lowest BCUT2D eigenvalue weighted by Crippen LogP contribution is -2.48. The number of likely N-dealkylation sites (N-methyl/N-ethyl adjacent to an activating group) is 1. The monoisotopic (exact) mass is 286 g/mol. The predicted octanol–water partition coefficient (Wildman–Crippen LogP) is -0.472. The van der Waals surface area contributed by atoms with Crippen LogP contribution in [0.3, 0.4) is 0 Å². The van der Waals surface area contributed by atoms with Gasteiger partial charge in [-0.3, -0.25) is 4.79 Å². The lowest BCUT2D eigenvalue weighted by molar-refractivity contribution is -0.135. The largest absolute Gasteiger partial charge is 0.409 e. The maximum absolute atomic E-state index is 12.6. The molecule has 7 heteroatoms. The summed E-state index contributed by atoms with van der Waals surface area (Å²) in [6, 6.07) is -0.0414. The highest BCUT2D eigenvalue weighted by molar-refractivity contribution is 6.02. The molecule has 1 fully saturated rings. The quantitative estimate of drug-likeness (QED) is 0.274. The zero-order valence-electron chi connectivity index (χ0n) is 12.7. The zero-order chi connectivity index (χ0) is 15.4. The van der Waals surface area contributed by atoms with Crippen LogP contribution >= 0.6 is 0 Å². The number of nitrogens with two attached hydrogens (primary N) is 1. The number of likely N-dealkylation sites (tertiary alicyclic amines) is 1. The van der Waals surface area contributed by atoms with E-state index in [9.17, 15) is 9.90 Å². The first-order valence-corrected chi connectivity index (χ1v) is 6.88. The predicted molar refractivity (Wildman–Crippen MR) is 76.4 cm³/mol. The number of carbonyl (C=O) groups excluding carboxylic acids is 1. The molecular formula is C13H26N4O3. The number of β-amino-alcohol motifs (C(OH)–C–C–N with tert-alkyl or cyclic N) is 1. The molecule has 0 aromatic carbocycles. The summed E-state index contributed by atoms with van der Waals surface area (Å²) < 4.78 is 0. The first-order valence-electron chi connectivity index (χ1n) is 6.88. The van der Waals surface area contributed by atoms with Gasteiger partial charge in [0.2, 0.25) is 5.91 Å². The number of amidine groups is 1. The fourth-order valence-electron chi connectivity index (χ4n) is 2.75. The van der Waals surface area contributed by atoms with E-state index < -0.39 is 12.0 Å². The van der Waals surface area contributed by atoms with Crippen LogP contribution in [0.2, 0.25) is 0 Å². The number of aliphatic hydroxyl groups excluding tert-OH is 1. The van der Waals surface area contributed by atoms with E-state index in [2.05, 4.69) is 5.16 Å². The van der Waals surface area contributed by atoms with Crippen molar-refractivity contribution in [2.45, 2.75) is 32.4 Å². The van der Waals surface area contributed by atoms with Gasteiger partial charge in [0.1, 0.15) is 5.92 Å². The smallest absolute Gasteiger partial charge is 0.234 e. The average molecular weight is 286 g/mol. The van der Waals surface area contributed by atoms with Gasteiger partial charge >= 0.3 is 0 Å². The van der Waals surface area contributed by atoms with Crippen LogP contribution in [0, 0.1) is 11.8 Å².